The molecule has 9 heteroatoms. The number of hydrogen-bond donors (Lipinski definition) is 1. The van der Waals surface area contributed by atoms with Gasteiger partial charge in [0.05, 0.1) is 23.4 Å². The van der Waals surface area contributed by atoms with Gasteiger partial charge in [-0.25, -0.2) is 18.9 Å². The third-order valence-electron chi connectivity index (χ3n) is 4.87. The van der Waals surface area contributed by atoms with Crippen molar-refractivity contribution >= 4 is 11.4 Å². The summed E-state index contributed by atoms with van der Waals surface area (Å²) in [4.78, 5) is 26.3. The molecule has 0 aromatic carbocycles. The predicted octanol–water partition coefficient (Wildman–Crippen LogP) is 2.28. The van der Waals surface area contributed by atoms with Crippen molar-refractivity contribution in [3.8, 4) is 0 Å². The quantitative estimate of drug-likeness (QED) is 0.588. The number of H-pyrrole nitrogens is 1. The van der Waals surface area contributed by atoms with Gasteiger partial charge in [-0.05, 0) is 25.1 Å². The maximum atomic E-state index is 14.1. The minimum atomic E-state index is -0.545. The molecule has 0 radical (unpaired) electrons. The number of rotatable bonds is 2. The first-order chi connectivity index (χ1) is 13.1. The molecule has 1 atom stereocenters. The molecule has 4 aromatic heterocycles. The molecule has 1 aliphatic heterocycles. The van der Waals surface area contributed by atoms with Crippen LogP contribution in [-0.4, -0.2) is 41.9 Å². The Kier molecular flexibility index (Phi) is 3.36. The van der Waals surface area contributed by atoms with Gasteiger partial charge in [0.15, 0.2) is 6.39 Å². The van der Waals surface area contributed by atoms with E-state index in [1.165, 1.54) is 17.0 Å². The summed E-state index contributed by atoms with van der Waals surface area (Å²) in [6, 6.07) is 4.07. The number of aryl methyl sites for hydroxylation is 1. The number of aromatic amines is 1. The maximum Gasteiger partial charge on any atom is 0.292 e. The molecule has 4 aromatic rings. The second-order valence-corrected chi connectivity index (χ2v) is 6.44. The highest BCUT2D eigenvalue weighted by Crippen LogP contribution is 2.34. The zero-order valence-electron chi connectivity index (χ0n) is 14.4. The van der Waals surface area contributed by atoms with Gasteiger partial charge in [0, 0.05) is 24.9 Å². The first-order valence-electron chi connectivity index (χ1n) is 8.50. The number of imidazole rings is 1. The summed E-state index contributed by atoms with van der Waals surface area (Å²) >= 11 is 0. The van der Waals surface area contributed by atoms with Gasteiger partial charge < -0.3 is 14.3 Å². The van der Waals surface area contributed by atoms with Gasteiger partial charge in [0.2, 0.25) is 5.76 Å². The molecule has 0 saturated heterocycles. The number of nitrogens with one attached hydrogen (secondary N) is 1. The molecule has 0 unspecified atom stereocenters. The molecule has 1 N–H and O–H groups in total. The van der Waals surface area contributed by atoms with E-state index in [0.717, 1.165) is 5.69 Å². The lowest BCUT2D eigenvalue weighted by atomic mass is 9.99. The summed E-state index contributed by atoms with van der Waals surface area (Å²) in [5, 5.41) is 4.49. The Labute approximate surface area is 152 Å². The van der Waals surface area contributed by atoms with Gasteiger partial charge in [-0.2, -0.15) is 5.10 Å². The number of fused-ring (bicyclic) bond motifs is 2. The van der Waals surface area contributed by atoms with Crippen molar-refractivity contribution in [3.05, 3.63) is 71.5 Å². The lowest BCUT2D eigenvalue weighted by molar-refractivity contribution is 0.0653. The zero-order valence-corrected chi connectivity index (χ0v) is 14.4. The van der Waals surface area contributed by atoms with Gasteiger partial charge >= 0.3 is 0 Å². The van der Waals surface area contributed by atoms with Crippen molar-refractivity contribution in [2.24, 2.45) is 0 Å². The molecule has 1 aliphatic rings. The molecular weight excluding hydrogens is 351 g/mol. The number of halogens is 1. The van der Waals surface area contributed by atoms with Gasteiger partial charge in [-0.3, -0.25) is 4.79 Å². The molecule has 0 spiro atoms. The second-order valence-electron chi connectivity index (χ2n) is 6.44. The Bertz CT molecular complexity index is 1160. The van der Waals surface area contributed by atoms with Gasteiger partial charge in [0.25, 0.3) is 5.91 Å². The smallest absolute Gasteiger partial charge is 0.292 e. The van der Waals surface area contributed by atoms with Crippen molar-refractivity contribution in [1.29, 1.82) is 0 Å². The molecule has 0 bridgehead atoms. The number of pyridine rings is 1. The van der Waals surface area contributed by atoms with E-state index in [-0.39, 0.29) is 17.5 Å². The third kappa shape index (κ3) is 2.35. The molecular formula is C18H15FN6O2. The SMILES string of the molecule is Cc1ncoc1C(=O)N1CCc2[nH]cnc2[C@H]1c1cc2c(F)cccn2n1. The number of hydrogen-bond acceptors (Lipinski definition) is 5. The lowest BCUT2D eigenvalue weighted by Crippen LogP contribution is -2.41. The minimum absolute atomic E-state index is 0.189. The van der Waals surface area contributed by atoms with Crippen molar-refractivity contribution in [1.82, 2.24) is 29.5 Å². The van der Waals surface area contributed by atoms with Crippen LogP contribution in [0.4, 0.5) is 4.39 Å². The molecule has 0 fully saturated rings. The molecule has 27 heavy (non-hydrogen) atoms. The fraction of sp³-hybridized carbons (Fsp3) is 0.222. The van der Waals surface area contributed by atoms with Crippen LogP contribution in [0.25, 0.3) is 5.52 Å². The first kappa shape index (κ1) is 15.7. The van der Waals surface area contributed by atoms with Crippen molar-refractivity contribution in [2.75, 3.05) is 6.54 Å². The average Bonchev–Trinajstić information content (AvgIpc) is 3.39. The fourth-order valence-corrected chi connectivity index (χ4v) is 3.57. The van der Waals surface area contributed by atoms with Crippen LogP contribution in [0, 0.1) is 12.7 Å². The van der Waals surface area contributed by atoms with E-state index >= 15 is 0 Å². The van der Waals surface area contributed by atoms with Gasteiger partial charge in [-0.15, -0.1) is 0 Å². The van der Waals surface area contributed by atoms with E-state index in [9.17, 15) is 9.18 Å². The van der Waals surface area contributed by atoms with Crippen molar-refractivity contribution < 1.29 is 13.6 Å². The fourth-order valence-electron chi connectivity index (χ4n) is 3.57. The van der Waals surface area contributed by atoms with E-state index in [1.54, 1.807) is 36.5 Å². The van der Waals surface area contributed by atoms with E-state index in [4.69, 9.17) is 4.42 Å². The third-order valence-corrected chi connectivity index (χ3v) is 4.87. The Hall–Kier alpha value is -3.49. The number of carbonyl (C=O) groups is 1. The monoisotopic (exact) mass is 366 g/mol. The average molecular weight is 366 g/mol. The summed E-state index contributed by atoms with van der Waals surface area (Å²) in [7, 11) is 0. The molecule has 0 saturated carbocycles. The highest BCUT2D eigenvalue weighted by molar-refractivity contribution is 5.93. The Morgan fingerprint density at radius 1 is 1.41 bits per heavy atom. The number of nitrogens with zero attached hydrogens (tertiary/aromatic N) is 5. The summed E-state index contributed by atoms with van der Waals surface area (Å²) < 4.78 is 20.9. The molecule has 136 valence electrons. The normalized spacial score (nSPS) is 16.7. The van der Waals surface area contributed by atoms with Crippen molar-refractivity contribution in [2.45, 2.75) is 19.4 Å². The molecule has 5 heterocycles. The van der Waals surface area contributed by atoms with E-state index in [1.807, 2.05) is 0 Å². The molecule has 0 aliphatic carbocycles. The standard InChI is InChI=1S/C18H15FN6O2/c1-10-17(27-9-22-10)18(26)24-6-4-12-15(21-8-20-12)16(24)13-7-14-11(19)3-2-5-25(14)23-13/h2-3,5,7-9,16H,4,6H2,1H3,(H,20,21)/t16-/m1/s1. The first-order valence-corrected chi connectivity index (χ1v) is 8.50. The van der Waals surface area contributed by atoms with E-state index < -0.39 is 6.04 Å². The van der Waals surface area contributed by atoms with Crippen LogP contribution in [0.15, 0.2) is 41.5 Å². The Morgan fingerprint density at radius 2 is 2.30 bits per heavy atom. The van der Waals surface area contributed by atoms with Crippen LogP contribution in [0.3, 0.4) is 0 Å². The molecule has 8 nitrogen and oxygen atoms in total. The summed E-state index contributed by atoms with van der Waals surface area (Å²) in [6.45, 7) is 2.17. The van der Waals surface area contributed by atoms with E-state index in [2.05, 4.69) is 20.1 Å². The Morgan fingerprint density at radius 3 is 3.07 bits per heavy atom. The second kappa shape index (κ2) is 5.76. The summed E-state index contributed by atoms with van der Waals surface area (Å²) in [6.07, 6.45) is 5.15. The lowest BCUT2D eigenvalue weighted by Gasteiger charge is -2.33. The zero-order chi connectivity index (χ0) is 18.5. The van der Waals surface area contributed by atoms with Crippen molar-refractivity contribution in [3.63, 3.8) is 0 Å². The molecule has 5 rings (SSSR count). The van der Waals surface area contributed by atoms with Gasteiger partial charge in [-0.1, -0.05) is 0 Å². The van der Waals surface area contributed by atoms with Crippen LogP contribution in [0.1, 0.15) is 39.4 Å². The topological polar surface area (TPSA) is 92.3 Å². The van der Waals surface area contributed by atoms with Gasteiger partial charge in [0.1, 0.15) is 17.4 Å². The van der Waals surface area contributed by atoms with Crippen LogP contribution in [0.5, 0.6) is 0 Å². The van der Waals surface area contributed by atoms with Crippen LogP contribution in [-0.2, 0) is 6.42 Å². The van der Waals surface area contributed by atoms with E-state index in [0.29, 0.717) is 35.6 Å². The highest BCUT2D eigenvalue weighted by atomic mass is 19.1. The summed E-state index contributed by atoms with van der Waals surface area (Å²) in [5.74, 6) is -0.478. The Balaban J connectivity index is 1.66. The largest absolute Gasteiger partial charge is 0.438 e. The number of amides is 1. The summed E-state index contributed by atoms with van der Waals surface area (Å²) in [5.41, 5.74) is 3.05. The number of aromatic nitrogens is 5. The number of carbonyl (C=O) groups excluding carboxylic acids is 1. The number of oxazole rings is 1. The maximum absolute atomic E-state index is 14.1. The van der Waals surface area contributed by atoms with Crippen LogP contribution < -0.4 is 0 Å². The molecule has 1 amide bonds. The van der Waals surface area contributed by atoms with Crippen LogP contribution in [0.2, 0.25) is 0 Å². The minimum Gasteiger partial charge on any atom is -0.438 e. The predicted molar refractivity (Wildman–Crippen MR) is 91.6 cm³/mol. The van der Waals surface area contributed by atoms with Crippen LogP contribution >= 0.6 is 0 Å². The highest BCUT2D eigenvalue weighted by Gasteiger charge is 2.37.